The molecule has 40 heavy (non-hydrogen) atoms. The molecule has 1 aliphatic rings. The van der Waals surface area contributed by atoms with E-state index < -0.39 is 17.8 Å². The molecule has 3 aromatic carbocycles. The van der Waals surface area contributed by atoms with E-state index in [-0.39, 0.29) is 12.2 Å². The average molecular weight is 583 g/mol. The molecule has 10 heteroatoms. The third kappa shape index (κ3) is 6.94. The normalized spacial score (nSPS) is 14.3. The van der Waals surface area contributed by atoms with Crippen molar-refractivity contribution in [3.63, 3.8) is 0 Å². The van der Waals surface area contributed by atoms with E-state index in [1.54, 1.807) is 60.7 Å². The number of nitrogens with zero attached hydrogens (tertiary/aromatic N) is 1. The first-order chi connectivity index (χ1) is 19.3. The van der Waals surface area contributed by atoms with Crippen LogP contribution in [0.25, 0.3) is 6.08 Å². The van der Waals surface area contributed by atoms with Gasteiger partial charge in [0.25, 0.3) is 11.8 Å². The Morgan fingerprint density at radius 3 is 2.35 bits per heavy atom. The van der Waals surface area contributed by atoms with Crippen LogP contribution in [0.2, 0.25) is 10.0 Å². The molecule has 1 heterocycles. The Balaban J connectivity index is 1.55. The maximum Gasteiger partial charge on any atom is 0.335 e. The van der Waals surface area contributed by atoms with Crippen LogP contribution in [0, 0.1) is 0 Å². The Bertz CT molecular complexity index is 1440. The van der Waals surface area contributed by atoms with Crippen molar-refractivity contribution >= 4 is 52.8 Å². The number of nitrogens with one attached hydrogen (secondary N) is 1. The predicted octanol–water partition coefficient (Wildman–Crippen LogP) is 6.82. The molecule has 3 aromatic rings. The fourth-order valence-electron chi connectivity index (χ4n) is 3.88. The van der Waals surface area contributed by atoms with Crippen LogP contribution in [0.15, 0.2) is 66.2 Å². The van der Waals surface area contributed by atoms with Gasteiger partial charge < -0.3 is 14.2 Å². The number of hydrogen-bond donors (Lipinski definition) is 1. The first-order valence-electron chi connectivity index (χ1n) is 12.8. The van der Waals surface area contributed by atoms with Gasteiger partial charge in [0, 0.05) is 15.6 Å². The Labute approximate surface area is 242 Å². The summed E-state index contributed by atoms with van der Waals surface area (Å²) >= 11 is 12.2. The molecular formula is C30H28Cl2N2O6. The molecule has 1 N–H and O–H groups in total. The number of carbonyl (C=O) groups is 3. The molecule has 0 aliphatic carbocycles. The molecule has 8 nitrogen and oxygen atoms in total. The van der Waals surface area contributed by atoms with Crippen LogP contribution in [-0.4, -0.2) is 31.1 Å². The van der Waals surface area contributed by atoms with Gasteiger partial charge in [0.2, 0.25) is 0 Å². The van der Waals surface area contributed by atoms with Gasteiger partial charge in [-0.25, -0.2) is 9.69 Å². The highest BCUT2D eigenvalue weighted by Crippen LogP contribution is 2.32. The van der Waals surface area contributed by atoms with Gasteiger partial charge in [-0.1, -0.05) is 48.7 Å². The first kappa shape index (κ1) is 29.0. The number of benzene rings is 3. The second-order valence-electron chi connectivity index (χ2n) is 8.82. The summed E-state index contributed by atoms with van der Waals surface area (Å²) in [5, 5.41) is 3.24. The van der Waals surface area contributed by atoms with Gasteiger partial charge in [-0.2, -0.15) is 0 Å². The molecule has 4 amide bonds. The molecule has 208 valence electrons. The quantitative estimate of drug-likeness (QED) is 0.151. The van der Waals surface area contributed by atoms with Crippen LogP contribution in [0.1, 0.15) is 37.8 Å². The number of rotatable bonds is 11. The lowest BCUT2D eigenvalue weighted by molar-refractivity contribution is -0.122. The summed E-state index contributed by atoms with van der Waals surface area (Å²) < 4.78 is 17.3. The van der Waals surface area contributed by atoms with Crippen LogP contribution < -0.4 is 24.4 Å². The van der Waals surface area contributed by atoms with Crippen LogP contribution in [-0.2, 0) is 16.2 Å². The van der Waals surface area contributed by atoms with Gasteiger partial charge in [0.1, 0.15) is 17.9 Å². The number of ether oxygens (including phenoxy) is 3. The number of carbonyl (C=O) groups excluding carboxylic acids is 3. The highest BCUT2D eigenvalue weighted by atomic mass is 35.5. The molecule has 0 bridgehead atoms. The zero-order chi connectivity index (χ0) is 28.6. The minimum atomic E-state index is -0.827. The maximum absolute atomic E-state index is 13.3. The van der Waals surface area contributed by atoms with E-state index >= 15 is 0 Å². The van der Waals surface area contributed by atoms with Gasteiger partial charge in [0.05, 0.1) is 18.9 Å². The van der Waals surface area contributed by atoms with Crippen molar-refractivity contribution in [2.24, 2.45) is 0 Å². The lowest BCUT2D eigenvalue weighted by Gasteiger charge is -2.26. The largest absolute Gasteiger partial charge is 0.494 e. The summed E-state index contributed by atoms with van der Waals surface area (Å²) in [6.07, 6.45) is 3.32. The van der Waals surface area contributed by atoms with E-state index in [2.05, 4.69) is 12.2 Å². The number of urea groups is 1. The average Bonchev–Trinajstić information content (AvgIpc) is 2.92. The van der Waals surface area contributed by atoms with E-state index in [1.165, 1.54) is 6.08 Å². The summed E-state index contributed by atoms with van der Waals surface area (Å²) in [5.41, 5.74) is 1.36. The number of imide groups is 2. The van der Waals surface area contributed by atoms with Gasteiger partial charge in [-0.05, 0) is 73.5 Å². The van der Waals surface area contributed by atoms with Crippen LogP contribution in [0.4, 0.5) is 10.5 Å². The highest BCUT2D eigenvalue weighted by molar-refractivity contribution is 6.39. The number of unbranched alkanes of at least 4 members (excludes halogenated alkanes) is 1. The topological polar surface area (TPSA) is 94.2 Å². The molecular weight excluding hydrogens is 555 g/mol. The Morgan fingerprint density at radius 1 is 0.875 bits per heavy atom. The molecule has 1 fully saturated rings. The fraction of sp³-hybridized carbons (Fsp3) is 0.233. The summed E-state index contributed by atoms with van der Waals surface area (Å²) in [4.78, 5) is 39.5. The van der Waals surface area contributed by atoms with Crippen LogP contribution in [0.5, 0.6) is 17.2 Å². The van der Waals surface area contributed by atoms with E-state index in [4.69, 9.17) is 37.4 Å². The van der Waals surface area contributed by atoms with Crippen molar-refractivity contribution < 1.29 is 28.6 Å². The molecule has 1 saturated heterocycles. The molecule has 1 aliphatic heterocycles. The van der Waals surface area contributed by atoms with Crippen molar-refractivity contribution in [2.45, 2.75) is 33.3 Å². The van der Waals surface area contributed by atoms with Crippen LogP contribution >= 0.6 is 23.2 Å². The summed E-state index contributed by atoms with van der Waals surface area (Å²) in [6.45, 7) is 5.00. The number of halogens is 2. The summed E-state index contributed by atoms with van der Waals surface area (Å²) in [6, 6.07) is 15.9. The Morgan fingerprint density at radius 2 is 1.65 bits per heavy atom. The Hall–Kier alpha value is -4.01. The second kappa shape index (κ2) is 13.4. The number of amides is 4. The van der Waals surface area contributed by atoms with Crippen molar-refractivity contribution in [3.05, 3.63) is 87.4 Å². The molecule has 0 spiro atoms. The number of hydrogen-bond acceptors (Lipinski definition) is 6. The lowest BCUT2D eigenvalue weighted by atomic mass is 10.1. The summed E-state index contributed by atoms with van der Waals surface area (Å²) in [5.74, 6) is -0.0480. The predicted molar refractivity (Wildman–Crippen MR) is 154 cm³/mol. The highest BCUT2D eigenvalue weighted by Gasteiger charge is 2.36. The van der Waals surface area contributed by atoms with Gasteiger partial charge in [-0.3, -0.25) is 14.9 Å². The second-order valence-corrected chi connectivity index (χ2v) is 9.66. The fourth-order valence-corrected chi connectivity index (χ4v) is 4.34. The number of anilines is 1. The minimum absolute atomic E-state index is 0.177. The van der Waals surface area contributed by atoms with E-state index in [9.17, 15) is 14.4 Å². The molecule has 0 aromatic heterocycles. The third-order valence-electron chi connectivity index (χ3n) is 5.94. The van der Waals surface area contributed by atoms with Gasteiger partial charge in [0.15, 0.2) is 11.5 Å². The lowest BCUT2D eigenvalue weighted by Crippen LogP contribution is -2.54. The molecule has 0 radical (unpaired) electrons. The van der Waals surface area contributed by atoms with Gasteiger partial charge >= 0.3 is 6.03 Å². The zero-order valence-corrected chi connectivity index (χ0v) is 23.6. The van der Waals surface area contributed by atoms with Gasteiger partial charge in [-0.15, -0.1) is 0 Å². The summed E-state index contributed by atoms with van der Waals surface area (Å²) in [7, 11) is 0. The van der Waals surface area contributed by atoms with Crippen molar-refractivity contribution in [3.8, 4) is 17.2 Å². The van der Waals surface area contributed by atoms with Crippen molar-refractivity contribution in [2.75, 3.05) is 18.1 Å². The molecule has 4 rings (SSSR count). The first-order valence-corrected chi connectivity index (χ1v) is 13.5. The minimum Gasteiger partial charge on any atom is -0.494 e. The molecule has 0 atom stereocenters. The number of barbiturate groups is 1. The maximum atomic E-state index is 13.3. The van der Waals surface area contributed by atoms with E-state index in [0.717, 1.165) is 23.3 Å². The van der Waals surface area contributed by atoms with Crippen molar-refractivity contribution in [1.29, 1.82) is 0 Å². The third-order valence-corrected chi connectivity index (χ3v) is 6.53. The SMILES string of the molecule is CCCCOc1ccc(N2C(=O)NC(=O)/C(=C/c3ccc(OCc4ccc(Cl)cc4Cl)c(OCC)c3)C2=O)cc1. The van der Waals surface area contributed by atoms with E-state index in [0.29, 0.717) is 51.8 Å². The monoisotopic (exact) mass is 582 g/mol. The van der Waals surface area contributed by atoms with Crippen molar-refractivity contribution in [1.82, 2.24) is 5.32 Å². The smallest absolute Gasteiger partial charge is 0.335 e. The molecule has 0 unspecified atom stereocenters. The standard InChI is InChI=1S/C30H28Cl2N2O6/c1-3-5-14-39-23-11-9-22(10-12-23)34-29(36)24(28(35)33-30(34)37)15-19-6-13-26(27(16-19)38-4-2)40-18-20-7-8-21(31)17-25(20)32/h6-13,15-17H,3-5,14,18H2,1-2H3,(H,33,35,37)/b24-15-. The van der Waals surface area contributed by atoms with E-state index in [1.807, 2.05) is 6.92 Å². The molecule has 0 saturated carbocycles. The zero-order valence-electron chi connectivity index (χ0n) is 22.0. The Kier molecular flexibility index (Phi) is 9.69. The van der Waals surface area contributed by atoms with Crippen LogP contribution in [0.3, 0.4) is 0 Å².